The lowest BCUT2D eigenvalue weighted by Gasteiger charge is -2.05. The van der Waals surface area contributed by atoms with Gasteiger partial charge < -0.3 is 4.79 Å². The SMILES string of the molecule is C1CCC1.CCC=O. The van der Waals surface area contributed by atoms with Gasteiger partial charge in [-0.3, -0.25) is 0 Å². The van der Waals surface area contributed by atoms with E-state index in [-0.39, 0.29) is 0 Å². The topological polar surface area (TPSA) is 17.1 Å². The Balaban J connectivity index is 0.000000122. The van der Waals surface area contributed by atoms with Crippen molar-refractivity contribution in [2.75, 3.05) is 0 Å². The van der Waals surface area contributed by atoms with Crippen molar-refractivity contribution in [3.8, 4) is 0 Å². The molecule has 0 aromatic carbocycles. The average Bonchev–Trinajstić information content (AvgIpc) is 1.61. The Kier molecular flexibility index (Phi) is 6.39. The quantitative estimate of drug-likeness (QED) is 0.477. The molecule has 0 spiro atoms. The van der Waals surface area contributed by atoms with E-state index in [4.69, 9.17) is 0 Å². The lowest BCUT2D eigenvalue weighted by Crippen LogP contribution is -1.85. The van der Waals surface area contributed by atoms with E-state index in [1.54, 1.807) is 0 Å². The maximum atomic E-state index is 9.17. The lowest BCUT2D eigenvalue weighted by molar-refractivity contribution is -0.107. The molecule has 0 saturated heterocycles. The van der Waals surface area contributed by atoms with Crippen molar-refractivity contribution in [3.05, 3.63) is 0 Å². The van der Waals surface area contributed by atoms with Crippen LogP contribution in [0.4, 0.5) is 0 Å². The second-order valence-corrected chi connectivity index (χ2v) is 1.99. The van der Waals surface area contributed by atoms with Crippen molar-refractivity contribution in [3.63, 3.8) is 0 Å². The molecule has 0 amide bonds. The van der Waals surface area contributed by atoms with E-state index >= 15 is 0 Å². The van der Waals surface area contributed by atoms with Gasteiger partial charge in [0.25, 0.3) is 0 Å². The predicted octanol–water partition coefficient (Wildman–Crippen LogP) is 2.16. The van der Waals surface area contributed by atoms with Crippen LogP contribution < -0.4 is 0 Å². The number of carbonyl (C=O) groups is 1. The second kappa shape index (κ2) is 6.67. The van der Waals surface area contributed by atoms with E-state index in [0.717, 1.165) is 6.29 Å². The molecule has 1 fully saturated rings. The highest BCUT2D eigenvalue weighted by Gasteiger charge is 1.95. The van der Waals surface area contributed by atoms with Crippen LogP contribution in [0.25, 0.3) is 0 Å². The second-order valence-electron chi connectivity index (χ2n) is 1.99. The zero-order valence-corrected chi connectivity index (χ0v) is 5.52. The van der Waals surface area contributed by atoms with Gasteiger partial charge in [-0.25, -0.2) is 0 Å². The minimum absolute atomic E-state index is 0.639. The summed E-state index contributed by atoms with van der Waals surface area (Å²) in [5, 5.41) is 0. The van der Waals surface area contributed by atoms with Gasteiger partial charge in [0.15, 0.2) is 0 Å². The fourth-order valence-electron chi connectivity index (χ4n) is 0.250. The molecular formula is C7H14O. The molecule has 1 nitrogen and oxygen atoms in total. The first-order valence-corrected chi connectivity index (χ1v) is 3.35. The summed E-state index contributed by atoms with van der Waals surface area (Å²) in [7, 11) is 0. The molecule has 1 aliphatic rings. The molecule has 0 N–H and O–H groups in total. The molecule has 0 aromatic heterocycles. The number of hydrogen-bond acceptors (Lipinski definition) is 1. The maximum absolute atomic E-state index is 9.17. The molecular weight excluding hydrogens is 100 g/mol. The lowest BCUT2D eigenvalue weighted by atomic mass is 10.0. The highest BCUT2D eigenvalue weighted by molar-refractivity contribution is 5.48. The smallest absolute Gasteiger partial charge is 0.119 e. The molecule has 0 unspecified atom stereocenters. The van der Waals surface area contributed by atoms with E-state index in [1.165, 1.54) is 25.7 Å². The van der Waals surface area contributed by atoms with Crippen molar-refractivity contribution in [1.82, 2.24) is 0 Å². The van der Waals surface area contributed by atoms with E-state index < -0.39 is 0 Å². The van der Waals surface area contributed by atoms with Gasteiger partial charge in [-0.15, -0.1) is 0 Å². The van der Waals surface area contributed by atoms with E-state index in [0.29, 0.717) is 6.42 Å². The summed E-state index contributed by atoms with van der Waals surface area (Å²) in [6, 6.07) is 0. The maximum Gasteiger partial charge on any atom is 0.119 e. The monoisotopic (exact) mass is 114 g/mol. The third kappa shape index (κ3) is 5.67. The average molecular weight is 114 g/mol. The first-order chi connectivity index (χ1) is 3.91. The summed E-state index contributed by atoms with van der Waals surface area (Å²) < 4.78 is 0. The Bertz CT molecular complexity index is 42.3. The van der Waals surface area contributed by atoms with Crippen molar-refractivity contribution >= 4 is 6.29 Å². The fraction of sp³-hybridized carbons (Fsp3) is 0.857. The summed E-state index contributed by atoms with van der Waals surface area (Å²) in [5.41, 5.74) is 0. The van der Waals surface area contributed by atoms with Gasteiger partial charge in [0.1, 0.15) is 6.29 Å². The Morgan fingerprint density at radius 2 is 1.50 bits per heavy atom. The van der Waals surface area contributed by atoms with Crippen LogP contribution >= 0.6 is 0 Å². The normalized spacial score (nSPS) is 15.1. The molecule has 0 radical (unpaired) electrons. The fourth-order valence-corrected chi connectivity index (χ4v) is 0.250. The van der Waals surface area contributed by atoms with Gasteiger partial charge in [0.2, 0.25) is 0 Å². The van der Waals surface area contributed by atoms with Crippen LogP contribution in [0.1, 0.15) is 39.0 Å². The molecule has 1 saturated carbocycles. The molecule has 0 atom stereocenters. The van der Waals surface area contributed by atoms with Crippen LogP contribution in [-0.4, -0.2) is 6.29 Å². The van der Waals surface area contributed by atoms with E-state index in [9.17, 15) is 4.79 Å². The number of rotatable bonds is 1. The summed E-state index contributed by atoms with van der Waals surface area (Å²) in [6.07, 6.45) is 7.51. The molecule has 1 heteroatoms. The summed E-state index contributed by atoms with van der Waals surface area (Å²) in [4.78, 5) is 9.17. The van der Waals surface area contributed by atoms with Crippen molar-refractivity contribution in [1.29, 1.82) is 0 Å². The van der Waals surface area contributed by atoms with E-state index in [1.807, 2.05) is 6.92 Å². The predicted molar refractivity (Wildman–Crippen MR) is 34.8 cm³/mol. The molecule has 0 heterocycles. The molecule has 0 aromatic rings. The summed E-state index contributed by atoms with van der Waals surface area (Å²) in [6.45, 7) is 1.81. The van der Waals surface area contributed by atoms with Gasteiger partial charge in [-0.1, -0.05) is 32.6 Å². The van der Waals surface area contributed by atoms with Gasteiger partial charge in [-0.2, -0.15) is 0 Å². The molecule has 8 heavy (non-hydrogen) atoms. The first kappa shape index (κ1) is 7.67. The minimum Gasteiger partial charge on any atom is -0.303 e. The van der Waals surface area contributed by atoms with Crippen molar-refractivity contribution in [2.45, 2.75) is 39.0 Å². The third-order valence-electron chi connectivity index (χ3n) is 1.17. The molecule has 0 bridgehead atoms. The van der Waals surface area contributed by atoms with Crippen LogP contribution in [0, 0.1) is 0 Å². The summed E-state index contributed by atoms with van der Waals surface area (Å²) >= 11 is 0. The Hall–Kier alpha value is -0.330. The van der Waals surface area contributed by atoms with Crippen LogP contribution in [0.2, 0.25) is 0 Å². The first-order valence-electron chi connectivity index (χ1n) is 3.35. The molecule has 0 aliphatic heterocycles. The highest BCUT2D eigenvalue weighted by Crippen LogP contribution is 2.15. The summed E-state index contributed by atoms with van der Waals surface area (Å²) in [5.74, 6) is 0. The van der Waals surface area contributed by atoms with Crippen LogP contribution in [-0.2, 0) is 4.79 Å². The Morgan fingerprint density at radius 1 is 1.25 bits per heavy atom. The molecule has 1 rings (SSSR count). The van der Waals surface area contributed by atoms with Gasteiger partial charge in [0.05, 0.1) is 0 Å². The van der Waals surface area contributed by atoms with Gasteiger partial charge in [0, 0.05) is 6.42 Å². The number of carbonyl (C=O) groups excluding carboxylic acids is 1. The van der Waals surface area contributed by atoms with Crippen LogP contribution in [0.15, 0.2) is 0 Å². The highest BCUT2D eigenvalue weighted by atomic mass is 16.1. The Labute approximate surface area is 51.1 Å². The zero-order chi connectivity index (χ0) is 6.24. The molecule has 48 valence electrons. The number of aldehydes is 1. The van der Waals surface area contributed by atoms with Crippen LogP contribution in [0.5, 0.6) is 0 Å². The standard InChI is InChI=1S/C4H8.C3H6O/c1-2-4-3-1;1-2-3-4/h1-4H2;3H,2H2,1H3. The van der Waals surface area contributed by atoms with Crippen LogP contribution in [0.3, 0.4) is 0 Å². The largest absolute Gasteiger partial charge is 0.303 e. The van der Waals surface area contributed by atoms with Gasteiger partial charge in [-0.05, 0) is 0 Å². The minimum atomic E-state index is 0.639. The Morgan fingerprint density at radius 3 is 1.50 bits per heavy atom. The van der Waals surface area contributed by atoms with Crippen molar-refractivity contribution in [2.24, 2.45) is 0 Å². The van der Waals surface area contributed by atoms with Crippen molar-refractivity contribution < 1.29 is 4.79 Å². The van der Waals surface area contributed by atoms with E-state index in [2.05, 4.69) is 0 Å². The van der Waals surface area contributed by atoms with Gasteiger partial charge >= 0.3 is 0 Å². The third-order valence-corrected chi connectivity index (χ3v) is 1.17. The molecule has 1 aliphatic carbocycles. The zero-order valence-electron chi connectivity index (χ0n) is 5.52. The number of hydrogen-bond donors (Lipinski definition) is 0.